The lowest BCUT2D eigenvalue weighted by molar-refractivity contribution is -0.870. The number of hydrogen-bond acceptors (Lipinski definition) is 5. The van der Waals surface area contributed by atoms with E-state index >= 15 is 0 Å². The summed E-state index contributed by atoms with van der Waals surface area (Å²) >= 11 is 0. The molecule has 0 aliphatic rings. The molecule has 0 fully saturated rings. The van der Waals surface area contributed by atoms with Gasteiger partial charge in [0.25, 0.3) is 0 Å². The fourth-order valence-corrected chi connectivity index (χ4v) is 11.6. The largest absolute Gasteiger partial charge is 0.472 e. The smallest absolute Gasteiger partial charge is 0.387 e. The predicted octanol–water partition coefficient (Wildman–Crippen LogP) is 24.8. The van der Waals surface area contributed by atoms with Gasteiger partial charge >= 0.3 is 7.82 Å². The Morgan fingerprint density at radius 2 is 0.678 bits per heavy atom. The highest BCUT2D eigenvalue weighted by Crippen LogP contribution is 2.43. The summed E-state index contributed by atoms with van der Waals surface area (Å²) in [5.74, 6) is -0.190. The summed E-state index contributed by atoms with van der Waals surface area (Å²) in [7, 11) is 1.55. The molecular weight excluding hydrogens is 1130 g/mol. The number of carbonyl (C=O) groups excluding carboxylic acids is 1. The minimum Gasteiger partial charge on any atom is -0.387 e. The molecule has 90 heavy (non-hydrogen) atoms. The van der Waals surface area contributed by atoms with Crippen molar-refractivity contribution in [3.05, 3.63) is 122 Å². The van der Waals surface area contributed by atoms with Crippen LogP contribution in [0.1, 0.15) is 335 Å². The molecule has 0 rings (SSSR count). The number of phosphoric ester groups is 1. The van der Waals surface area contributed by atoms with Crippen LogP contribution in [-0.2, 0) is 18.4 Å². The first kappa shape index (κ1) is 86.9. The number of aliphatic hydroxyl groups excluding tert-OH is 1. The second-order valence-corrected chi connectivity index (χ2v) is 28.1. The third kappa shape index (κ3) is 72.3. The predicted molar refractivity (Wildman–Crippen MR) is 396 cm³/mol. The van der Waals surface area contributed by atoms with E-state index in [0.29, 0.717) is 17.4 Å². The van der Waals surface area contributed by atoms with Gasteiger partial charge in [-0.3, -0.25) is 13.8 Å². The SMILES string of the molecule is CC/C=C\C/C=C\C/C=C\C/C=C\C/C=C\C/C=C\C/C=C\C/C=C\CCCCCCCCCCCCCCC(=O)NC(COP(=O)(O)OCC[N+](C)(C)C)C(O)/C=C/CC/C=C/CCCCCCCCCCCCCCCCCCCCCCCCCCC. The van der Waals surface area contributed by atoms with E-state index in [1.807, 2.05) is 27.2 Å². The highest BCUT2D eigenvalue weighted by Gasteiger charge is 2.28. The van der Waals surface area contributed by atoms with Crippen LogP contribution in [0.3, 0.4) is 0 Å². The first-order chi connectivity index (χ1) is 44.0. The number of nitrogens with one attached hydrogen (secondary N) is 1. The average Bonchev–Trinajstić information content (AvgIpc) is 3.18. The topological polar surface area (TPSA) is 105 Å². The minimum atomic E-state index is -4.37. The zero-order valence-corrected chi connectivity index (χ0v) is 60.5. The minimum absolute atomic E-state index is 0.0514. The molecule has 9 heteroatoms. The Labute approximate surface area is 558 Å². The monoisotopic (exact) mass is 1270 g/mol. The van der Waals surface area contributed by atoms with Gasteiger partial charge in [-0.2, -0.15) is 0 Å². The van der Waals surface area contributed by atoms with Crippen molar-refractivity contribution in [1.29, 1.82) is 0 Å². The normalized spacial score (nSPS) is 14.3. The van der Waals surface area contributed by atoms with E-state index in [4.69, 9.17) is 9.05 Å². The fourth-order valence-electron chi connectivity index (χ4n) is 10.8. The van der Waals surface area contributed by atoms with Gasteiger partial charge in [-0.1, -0.05) is 354 Å². The van der Waals surface area contributed by atoms with Gasteiger partial charge in [0.2, 0.25) is 5.91 Å². The highest BCUT2D eigenvalue weighted by molar-refractivity contribution is 7.47. The van der Waals surface area contributed by atoms with Crippen LogP contribution in [0.2, 0.25) is 0 Å². The van der Waals surface area contributed by atoms with Crippen molar-refractivity contribution < 1.29 is 32.9 Å². The molecule has 520 valence electrons. The van der Waals surface area contributed by atoms with E-state index in [-0.39, 0.29) is 19.1 Å². The molecule has 0 aromatic heterocycles. The number of hydrogen-bond donors (Lipinski definition) is 3. The van der Waals surface area contributed by atoms with Gasteiger partial charge in [0.15, 0.2) is 0 Å². The quantitative estimate of drug-likeness (QED) is 0.0243. The molecule has 0 aromatic rings. The second-order valence-electron chi connectivity index (χ2n) is 26.6. The van der Waals surface area contributed by atoms with Crippen LogP contribution in [0.4, 0.5) is 0 Å². The lowest BCUT2D eigenvalue weighted by Gasteiger charge is -2.25. The summed E-state index contributed by atoms with van der Waals surface area (Å²) in [6.45, 7) is 4.71. The molecular formula is C81H146N2O6P+. The van der Waals surface area contributed by atoms with Crippen LogP contribution in [0.25, 0.3) is 0 Å². The zero-order valence-electron chi connectivity index (χ0n) is 59.6. The molecule has 0 spiro atoms. The molecule has 0 saturated heterocycles. The van der Waals surface area contributed by atoms with Crippen LogP contribution in [0.5, 0.6) is 0 Å². The van der Waals surface area contributed by atoms with E-state index in [1.165, 1.54) is 225 Å². The summed E-state index contributed by atoms with van der Waals surface area (Å²) < 4.78 is 23.8. The third-order valence-electron chi connectivity index (χ3n) is 16.7. The molecule has 8 nitrogen and oxygen atoms in total. The van der Waals surface area contributed by atoms with E-state index in [1.54, 1.807) is 6.08 Å². The Balaban J connectivity index is 4.10. The van der Waals surface area contributed by atoms with Crippen molar-refractivity contribution in [1.82, 2.24) is 5.32 Å². The molecule has 0 aliphatic carbocycles. The Kier molecular flexibility index (Phi) is 67.8. The molecule has 0 aliphatic heterocycles. The van der Waals surface area contributed by atoms with Crippen molar-refractivity contribution in [2.45, 2.75) is 347 Å². The summed E-state index contributed by atoms with van der Waals surface area (Å²) in [5, 5.41) is 14.0. The number of nitrogens with zero attached hydrogens (tertiary/aromatic N) is 1. The summed E-state index contributed by atoms with van der Waals surface area (Å²) in [6, 6.07) is -0.874. The molecule has 3 N–H and O–H groups in total. The van der Waals surface area contributed by atoms with Gasteiger partial charge in [-0.15, -0.1) is 0 Å². The van der Waals surface area contributed by atoms with E-state index in [0.717, 1.165) is 89.9 Å². The van der Waals surface area contributed by atoms with Gasteiger partial charge < -0.3 is 19.8 Å². The first-order valence-electron chi connectivity index (χ1n) is 37.9. The highest BCUT2D eigenvalue weighted by atomic mass is 31.2. The van der Waals surface area contributed by atoms with Gasteiger partial charge in [-0.05, 0) is 96.3 Å². The molecule has 0 radical (unpaired) electrons. The van der Waals surface area contributed by atoms with E-state index in [2.05, 4.69) is 129 Å². The van der Waals surface area contributed by atoms with Crippen LogP contribution < -0.4 is 5.32 Å². The standard InChI is InChI=1S/C81H145N2O6P/c1-6-8-10-12-14-16-18-20-22-24-26-28-30-32-34-36-38-39-40-41-42-43-45-47-49-51-53-55-57-59-61-63-65-67-69-71-73-75-81(85)82-79(78-89-90(86,87)88-77-76-83(3,4)5)80(84)74-72-70-68-66-64-62-60-58-56-54-52-50-48-46-44-37-35-33-31-29-27-25-23-21-19-17-15-13-11-9-7-2/h8,10,14,16,20,22,26,28,32,34,38-39,41-42,45,47,64,66,72,74,79-80,84H,6-7,9,11-13,15,17-19,21,23-25,27,29-31,33,35-37,40,43-44,46,48-63,65,67-71,73,75-78H2,1-5H3,(H-,82,85,86,87)/p+1/b10-8-,16-14-,22-20-,28-26-,34-32-,39-38-,42-41-,47-45-,66-64+,74-72+. The average molecular weight is 1280 g/mol. The van der Waals surface area contributed by atoms with E-state index in [9.17, 15) is 19.4 Å². The van der Waals surface area contributed by atoms with Gasteiger partial charge in [0.05, 0.1) is 39.9 Å². The van der Waals surface area contributed by atoms with Crippen LogP contribution in [-0.4, -0.2) is 73.4 Å². The van der Waals surface area contributed by atoms with Crippen molar-refractivity contribution in [3.63, 3.8) is 0 Å². The number of amides is 1. The second kappa shape index (κ2) is 70.2. The molecule has 0 saturated carbocycles. The lowest BCUT2D eigenvalue weighted by Crippen LogP contribution is -2.45. The third-order valence-corrected chi connectivity index (χ3v) is 17.6. The maximum atomic E-state index is 13.1. The first-order valence-corrected chi connectivity index (χ1v) is 39.4. The molecule has 0 bridgehead atoms. The summed E-state index contributed by atoms with van der Waals surface area (Å²) in [4.78, 5) is 23.5. The number of phosphoric acid groups is 1. The number of aliphatic hydroxyl groups is 1. The maximum absolute atomic E-state index is 13.1. The molecule has 0 aromatic carbocycles. The summed E-state index contributed by atoms with van der Waals surface area (Å²) in [6.07, 6.45) is 105. The summed E-state index contributed by atoms with van der Waals surface area (Å²) in [5.41, 5.74) is 0. The van der Waals surface area contributed by atoms with E-state index < -0.39 is 20.0 Å². The van der Waals surface area contributed by atoms with Crippen LogP contribution in [0, 0.1) is 0 Å². The molecule has 3 unspecified atom stereocenters. The van der Waals surface area contributed by atoms with Gasteiger partial charge in [-0.25, -0.2) is 4.57 Å². The number of allylic oxidation sites excluding steroid dienone is 19. The number of likely N-dealkylation sites (N-methyl/N-ethyl adjacent to an activating group) is 1. The number of carbonyl (C=O) groups is 1. The van der Waals surface area contributed by atoms with Crippen molar-refractivity contribution in [2.24, 2.45) is 0 Å². The van der Waals surface area contributed by atoms with Gasteiger partial charge in [0.1, 0.15) is 13.2 Å². The Morgan fingerprint density at radius 3 is 1.02 bits per heavy atom. The zero-order chi connectivity index (χ0) is 65.5. The van der Waals surface area contributed by atoms with Gasteiger partial charge in [0, 0.05) is 6.42 Å². The molecule has 1 amide bonds. The Bertz CT molecular complexity index is 1890. The lowest BCUT2D eigenvalue weighted by atomic mass is 10.0. The number of unbranched alkanes of at least 4 members (excludes halogenated alkanes) is 38. The van der Waals surface area contributed by atoms with Crippen molar-refractivity contribution in [3.8, 4) is 0 Å². The van der Waals surface area contributed by atoms with Crippen LogP contribution in [0.15, 0.2) is 122 Å². The molecule has 0 heterocycles. The fraction of sp³-hybridized carbons (Fsp3) is 0.741. The van der Waals surface area contributed by atoms with Crippen LogP contribution >= 0.6 is 7.82 Å². The molecule has 3 atom stereocenters. The van der Waals surface area contributed by atoms with Crippen molar-refractivity contribution >= 4 is 13.7 Å². The number of quaternary nitrogens is 1. The number of rotatable bonds is 69. The maximum Gasteiger partial charge on any atom is 0.472 e. The Morgan fingerprint density at radius 1 is 0.389 bits per heavy atom. The van der Waals surface area contributed by atoms with Crippen molar-refractivity contribution in [2.75, 3.05) is 40.9 Å². The Hall–Kier alpha value is -3.10.